The van der Waals surface area contributed by atoms with Crippen LogP contribution in [-0.4, -0.2) is 34.9 Å². The van der Waals surface area contributed by atoms with E-state index in [1.807, 2.05) is 36.4 Å². The van der Waals surface area contributed by atoms with Gasteiger partial charge in [-0.05, 0) is 36.8 Å². The summed E-state index contributed by atoms with van der Waals surface area (Å²) in [5, 5.41) is 22.4. The zero-order valence-electron chi connectivity index (χ0n) is 18.6. The SMILES string of the molecule is Cc1cc(-c2c(-c3ccccc3)nc(N)[n+]3c(=O)n(Cc4ccc(F)c(O)n4)[nH]c23)cc(CO)n1. The summed E-state index contributed by atoms with van der Waals surface area (Å²) in [7, 11) is 0. The fourth-order valence-corrected chi connectivity index (χ4v) is 4.02. The van der Waals surface area contributed by atoms with Gasteiger partial charge in [-0.1, -0.05) is 30.3 Å². The van der Waals surface area contributed by atoms with Gasteiger partial charge in [-0.3, -0.25) is 4.98 Å². The van der Waals surface area contributed by atoms with Crippen LogP contribution in [0.25, 0.3) is 28.0 Å². The predicted molar refractivity (Wildman–Crippen MR) is 125 cm³/mol. The Balaban J connectivity index is 1.80. The topological polar surface area (TPSA) is 147 Å². The molecular weight excluding hydrogens is 453 g/mol. The molecule has 11 heteroatoms. The Kier molecular flexibility index (Phi) is 5.46. The number of aromatic nitrogens is 6. The van der Waals surface area contributed by atoms with Crippen molar-refractivity contribution in [3.8, 4) is 28.3 Å². The monoisotopic (exact) mass is 474 g/mol. The van der Waals surface area contributed by atoms with Gasteiger partial charge in [-0.25, -0.2) is 19.3 Å². The molecule has 0 aliphatic rings. The molecule has 0 fully saturated rings. The molecule has 0 radical (unpaired) electrons. The van der Waals surface area contributed by atoms with Gasteiger partial charge in [0.2, 0.25) is 11.5 Å². The van der Waals surface area contributed by atoms with E-state index in [1.54, 1.807) is 13.0 Å². The summed E-state index contributed by atoms with van der Waals surface area (Å²) in [5.74, 6) is -1.65. The molecule has 10 nitrogen and oxygen atoms in total. The molecule has 0 unspecified atom stereocenters. The van der Waals surface area contributed by atoms with Crippen molar-refractivity contribution in [1.82, 2.24) is 24.7 Å². The summed E-state index contributed by atoms with van der Waals surface area (Å²) in [5.41, 5.74) is 10.0. The first-order chi connectivity index (χ1) is 16.9. The molecule has 0 spiro atoms. The van der Waals surface area contributed by atoms with Crippen molar-refractivity contribution in [3.05, 3.63) is 88.0 Å². The summed E-state index contributed by atoms with van der Waals surface area (Å²) in [6.07, 6.45) is 0. The summed E-state index contributed by atoms with van der Waals surface area (Å²) in [6, 6.07) is 15.4. The lowest BCUT2D eigenvalue weighted by Crippen LogP contribution is -2.44. The van der Waals surface area contributed by atoms with Gasteiger partial charge in [0.05, 0.1) is 23.6 Å². The fourth-order valence-electron chi connectivity index (χ4n) is 4.02. The molecule has 5 N–H and O–H groups in total. The minimum absolute atomic E-state index is 0.0364. The van der Waals surface area contributed by atoms with Crippen LogP contribution in [0.2, 0.25) is 0 Å². The van der Waals surface area contributed by atoms with Gasteiger partial charge < -0.3 is 15.9 Å². The van der Waals surface area contributed by atoms with E-state index in [2.05, 4.69) is 20.1 Å². The zero-order chi connectivity index (χ0) is 24.7. The fraction of sp³-hybridized carbons (Fsp3) is 0.125. The van der Waals surface area contributed by atoms with Crippen molar-refractivity contribution in [2.24, 2.45) is 0 Å². The van der Waals surface area contributed by atoms with E-state index in [1.165, 1.54) is 15.1 Å². The molecule has 1 aromatic carbocycles. The van der Waals surface area contributed by atoms with Crippen LogP contribution in [0, 0.1) is 12.7 Å². The average molecular weight is 474 g/mol. The molecule has 5 aromatic rings. The van der Waals surface area contributed by atoms with Crippen molar-refractivity contribution in [1.29, 1.82) is 0 Å². The number of nitrogen functional groups attached to an aromatic ring is 1. The number of rotatable bonds is 5. The van der Waals surface area contributed by atoms with Crippen molar-refractivity contribution in [2.45, 2.75) is 20.1 Å². The van der Waals surface area contributed by atoms with Crippen LogP contribution >= 0.6 is 0 Å². The Hall–Kier alpha value is -4.64. The molecule has 35 heavy (non-hydrogen) atoms. The summed E-state index contributed by atoms with van der Waals surface area (Å²) >= 11 is 0. The van der Waals surface area contributed by atoms with Crippen LogP contribution in [0.3, 0.4) is 0 Å². The van der Waals surface area contributed by atoms with Crippen LogP contribution in [0.4, 0.5) is 10.3 Å². The van der Waals surface area contributed by atoms with E-state index >= 15 is 0 Å². The second-order valence-electron chi connectivity index (χ2n) is 7.98. The van der Waals surface area contributed by atoms with E-state index in [9.17, 15) is 19.4 Å². The van der Waals surface area contributed by atoms with Gasteiger partial charge in [0.25, 0.3) is 0 Å². The maximum Gasteiger partial charge on any atom is 0.428 e. The molecule has 0 bridgehead atoms. The Morgan fingerprint density at radius 3 is 2.54 bits per heavy atom. The number of aryl methyl sites for hydroxylation is 1. The molecule has 5 rings (SSSR count). The standard InChI is InChI=1S/C24H20FN7O3/c1-13-9-15(10-17(12-33)27-13)19-20(14-5-3-2-4-6-14)29-23(26)32-21(19)30-31(24(32)35)11-16-7-8-18(25)22(34)28-16/h2-10,33H,11-12H2,1H3,(H3,26,27,28,29,30,34)/p+1. The lowest BCUT2D eigenvalue weighted by atomic mass is 9.99. The molecule has 0 aliphatic carbocycles. The van der Waals surface area contributed by atoms with E-state index in [4.69, 9.17) is 5.73 Å². The summed E-state index contributed by atoms with van der Waals surface area (Å²) in [6.45, 7) is 1.47. The van der Waals surface area contributed by atoms with Crippen LogP contribution < -0.4 is 15.8 Å². The van der Waals surface area contributed by atoms with Gasteiger partial charge in [-0.15, -0.1) is 9.38 Å². The number of aromatic hydroxyl groups is 1. The number of fused-ring (bicyclic) bond motifs is 1. The number of H-pyrrole nitrogens is 1. The summed E-state index contributed by atoms with van der Waals surface area (Å²) < 4.78 is 15.9. The summed E-state index contributed by atoms with van der Waals surface area (Å²) in [4.78, 5) is 26.0. The van der Waals surface area contributed by atoms with Gasteiger partial charge in [0.1, 0.15) is 12.2 Å². The molecular formula is C24H21FN7O3+. The minimum Gasteiger partial charge on any atom is -0.491 e. The highest BCUT2D eigenvalue weighted by Gasteiger charge is 2.26. The van der Waals surface area contributed by atoms with Gasteiger partial charge >= 0.3 is 11.6 Å². The molecule has 4 aromatic heterocycles. The van der Waals surface area contributed by atoms with E-state index < -0.39 is 17.4 Å². The lowest BCUT2D eigenvalue weighted by molar-refractivity contribution is -0.516. The lowest BCUT2D eigenvalue weighted by Gasteiger charge is -2.10. The van der Waals surface area contributed by atoms with Gasteiger partial charge in [-0.2, -0.15) is 4.68 Å². The van der Waals surface area contributed by atoms with Crippen molar-refractivity contribution >= 4 is 11.6 Å². The third-order valence-corrected chi connectivity index (χ3v) is 5.53. The molecule has 176 valence electrons. The first-order valence-corrected chi connectivity index (χ1v) is 10.7. The smallest absolute Gasteiger partial charge is 0.428 e. The van der Waals surface area contributed by atoms with E-state index in [0.29, 0.717) is 33.9 Å². The number of aromatic amines is 1. The number of benzene rings is 1. The van der Waals surface area contributed by atoms with E-state index in [0.717, 1.165) is 11.6 Å². The first kappa shape index (κ1) is 22.2. The number of anilines is 1. The Bertz CT molecular complexity index is 1630. The predicted octanol–water partition coefficient (Wildman–Crippen LogP) is 1.71. The highest BCUT2D eigenvalue weighted by Crippen LogP contribution is 2.33. The van der Waals surface area contributed by atoms with Gasteiger partial charge in [0.15, 0.2) is 5.82 Å². The van der Waals surface area contributed by atoms with Crippen molar-refractivity contribution in [2.75, 3.05) is 5.73 Å². The zero-order valence-corrected chi connectivity index (χ0v) is 18.6. The van der Waals surface area contributed by atoms with Crippen molar-refractivity contribution in [3.63, 3.8) is 0 Å². The van der Waals surface area contributed by atoms with Crippen LogP contribution in [-0.2, 0) is 13.2 Å². The number of nitrogens with zero attached hydrogens (tertiary/aromatic N) is 5. The largest absolute Gasteiger partial charge is 0.491 e. The average Bonchev–Trinajstić information content (AvgIpc) is 3.17. The molecule has 0 atom stereocenters. The Labute approximate surface area is 197 Å². The second kappa shape index (κ2) is 8.61. The molecule has 0 aliphatic heterocycles. The number of aliphatic hydroxyl groups excluding tert-OH is 1. The molecule has 4 heterocycles. The maximum atomic E-state index is 13.4. The number of hydrogen-bond donors (Lipinski definition) is 4. The number of pyridine rings is 2. The Morgan fingerprint density at radius 1 is 1.06 bits per heavy atom. The van der Waals surface area contributed by atoms with E-state index in [-0.39, 0.29) is 24.8 Å². The maximum absolute atomic E-state index is 13.4. The molecule has 0 saturated heterocycles. The highest BCUT2D eigenvalue weighted by atomic mass is 19.1. The molecule has 0 saturated carbocycles. The third-order valence-electron chi connectivity index (χ3n) is 5.53. The first-order valence-electron chi connectivity index (χ1n) is 10.7. The van der Waals surface area contributed by atoms with Crippen molar-refractivity contribution < 1.29 is 19.0 Å². The quantitative estimate of drug-likeness (QED) is 0.284. The Morgan fingerprint density at radius 2 is 1.83 bits per heavy atom. The highest BCUT2D eigenvalue weighted by molar-refractivity contribution is 5.88. The van der Waals surface area contributed by atoms with Crippen LogP contribution in [0.5, 0.6) is 5.88 Å². The number of nitrogens with one attached hydrogen (secondary N) is 1. The van der Waals surface area contributed by atoms with Gasteiger partial charge in [0, 0.05) is 11.3 Å². The number of halogens is 1. The normalized spacial score (nSPS) is 11.3. The number of hydrogen-bond acceptors (Lipinski definition) is 7. The second-order valence-corrected chi connectivity index (χ2v) is 7.98. The van der Waals surface area contributed by atoms with Crippen LogP contribution in [0.15, 0.2) is 59.4 Å². The van der Waals surface area contributed by atoms with Crippen LogP contribution in [0.1, 0.15) is 17.1 Å². The molecule has 0 amide bonds. The number of nitrogens with two attached hydrogens (primary N) is 1. The third kappa shape index (κ3) is 3.97. The minimum atomic E-state index is -0.858. The number of aliphatic hydroxyl groups is 1.